The van der Waals surface area contributed by atoms with Gasteiger partial charge in [-0.25, -0.2) is 0 Å². The van der Waals surface area contributed by atoms with Crippen LogP contribution in [0, 0.1) is 11.3 Å². The van der Waals surface area contributed by atoms with Gasteiger partial charge < -0.3 is 9.88 Å². The van der Waals surface area contributed by atoms with Crippen molar-refractivity contribution in [3.63, 3.8) is 0 Å². The first kappa shape index (κ1) is 21.5. The van der Waals surface area contributed by atoms with E-state index in [0.29, 0.717) is 5.56 Å². The standard InChI is InChI=1S/C30H26N4/c1-2-3-18-34(29-15-9-14-28-26(29)16-17-33-28)30-23(19-31)20-32-21-27(30)25-13-8-7-12-24(25)22-10-5-4-6-11-22/h4-17,20-21,33H,2-3,18H2,1H3. The highest BCUT2D eigenvalue weighted by Gasteiger charge is 2.22. The second-order valence-corrected chi connectivity index (χ2v) is 8.33. The molecular formula is C30H26N4. The van der Waals surface area contributed by atoms with Crippen LogP contribution in [0.5, 0.6) is 0 Å². The Bertz CT molecular complexity index is 1460. The summed E-state index contributed by atoms with van der Waals surface area (Å²) in [6.07, 6.45) is 7.61. The van der Waals surface area contributed by atoms with Gasteiger partial charge >= 0.3 is 0 Å². The van der Waals surface area contributed by atoms with Crippen molar-refractivity contribution in [2.75, 3.05) is 11.4 Å². The van der Waals surface area contributed by atoms with Crippen LogP contribution in [0.1, 0.15) is 25.3 Å². The van der Waals surface area contributed by atoms with Gasteiger partial charge in [0.1, 0.15) is 6.07 Å². The Morgan fingerprint density at radius 3 is 2.44 bits per heavy atom. The van der Waals surface area contributed by atoms with Crippen LogP contribution in [0.3, 0.4) is 0 Å². The number of aromatic amines is 1. The van der Waals surface area contributed by atoms with Crippen molar-refractivity contribution in [2.45, 2.75) is 19.8 Å². The van der Waals surface area contributed by atoms with Crippen molar-refractivity contribution in [1.82, 2.24) is 9.97 Å². The van der Waals surface area contributed by atoms with E-state index in [4.69, 9.17) is 0 Å². The van der Waals surface area contributed by atoms with E-state index in [0.717, 1.165) is 63.9 Å². The van der Waals surface area contributed by atoms with Gasteiger partial charge in [0.15, 0.2) is 0 Å². The molecule has 0 aliphatic heterocycles. The quantitative estimate of drug-likeness (QED) is 0.281. The minimum Gasteiger partial charge on any atom is -0.361 e. The average molecular weight is 443 g/mol. The van der Waals surface area contributed by atoms with Crippen LogP contribution in [0.25, 0.3) is 33.2 Å². The number of fused-ring (bicyclic) bond motifs is 1. The number of anilines is 2. The second kappa shape index (κ2) is 9.64. The molecule has 34 heavy (non-hydrogen) atoms. The van der Waals surface area contributed by atoms with Crippen molar-refractivity contribution in [1.29, 1.82) is 5.26 Å². The van der Waals surface area contributed by atoms with Crippen LogP contribution in [-0.2, 0) is 0 Å². The largest absolute Gasteiger partial charge is 0.361 e. The maximum Gasteiger partial charge on any atom is 0.103 e. The summed E-state index contributed by atoms with van der Waals surface area (Å²) < 4.78 is 0. The van der Waals surface area contributed by atoms with Crippen molar-refractivity contribution < 1.29 is 0 Å². The molecule has 0 bridgehead atoms. The van der Waals surface area contributed by atoms with E-state index in [1.54, 1.807) is 6.20 Å². The first-order valence-corrected chi connectivity index (χ1v) is 11.7. The van der Waals surface area contributed by atoms with Gasteiger partial charge in [0, 0.05) is 41.6 Å². The van der Waals surface area contributed by atoms with Gasteiger partial charge in [0.25, 0.3) is 0 Å². The molecule has 5 rings (SSSR count). The molecule has 3 aromatic carbocycles. The van der Waals surface area contributed by atoms with Gasteiger partial charge in [-0.15, -0.1) is 0 Å². The highest BCUT2D eigenvalue weighted by atomic mass is 15.1. The van der Waals surface area contributed by atoms with Crippen LogP contribution in [0.2, 0.25) is 0 Å². The maximum atomic E-state index is 10.1. The summed E-state index contributed by atoms with van der Waals surface area (Å²) in [6, 6.07) is 29.6. The number of pyridine rings is 1. The second-order valence-electron chi connectivity index (χ2n) is 8.33. The topological polar surface area (TPSA) is 55.7 Å². The highest BCUT2D eigenvalue weighted by molar-refractivity contribution is 5.99. The fraction of sp³-hybridized carbons (Fsp3) is 0.133. The highest BCUT2D eigenvalue weighted by Crippen LogP contribution is 2.42. The van der Waals surface area contributed by atoms with Crippen LogP contribution < -0.4 is 4.90 Å². The monoisotopic (exact) mass is 442 g/mol. The van der Waals surface area contributed by atoms with Crippen LogP contribution in [0.4, 0.5) is 11.4 Å². The predicted molar refractivity (Wildman–Crippen MR) is 140 cm³/mol. The summed E-state index contributed by atoms with van der Waals surface area (Å²) in [5.74, 6) is 0. The summed E-state index contributed by atoms with van der Waals surface area (Å²) in [5, 5.41) is 11.3. The van der Waals surface area contributed by atoms with E-state index in [-0.39, 0.29) is 0 Å². The lowest BCUT2D eigenvalue weighted by Gasteiger charge is -2.29. The molecule has 0 atom stereocenters. The molecule has 1 N–H and O–H groups in total. The third-order valence-corrected chi connectivity index (χ3v) is 6.21. The Hall–Kier alpha value is -4.36. The summed E-state index contributed by atoms with van der Waals surface area (Å²) in [7, 11) is 0. The number of unbranched alkanes of at least 4 members (excludes halogenated alkanes) is 1. The number of nitrogens with one attached hydrogen (secondary N) is 1. The average Bonchev–Trinajstić information content (AvgIpc) is 3.39. The number of hydrogen-bond acceptors (Lipinski definition) is 3. The lowest BCUT2D eigenvalue weighted by molar-refractivity contribution is 0.786. The van der Waals surface area contributed by atoms with E-state index < -0.39 is 0 Å². The fourth-order valence-electron chi connectivity index (χ4n) is 4.58. The minimum absolute atomic E-state index is 0.573. The zero-order valence-electron chi connectivity index (χ0n) is 19.2. The molecule has 166 valence electrons. The van der Waals surface area contributed by atoms with Gasteiger partial charge in [-0.1, -0.05) is 74.0 Å². The third kappa shape index (κ3) is 3.93. The summed E-state index contributed by atoms with van der Waals surface area (Å²) >= 11 is 0. The molecule has 0 amide bonds. The Labute approximate surface area is 200 Å². The van der Waals surface area contributed by atoms with E-state index in [1.807, 2.05) is 24.5 Å². The van der Waals surface area contributed by atoms with Gasteiger partial charge in [0.05, 0.1) is 16.9 Å². The molecule has 0 radical (unpaired) electrons. The van der Waals surface area contributed by atoms with Crippen LogP contribution in [-0.4, -0.2) is 16.5 Å². The molecule has 0 fully saturated rings. The fourth-order valence-corrected chi connectivity index (χ4v) is 4.58. The molecule has 4 heteroatoms. The summed E-state index contributed by atoms with van der Waals surface area (Å²) in [4.78, 5) is 10.1. The molecule has 0 saturated heterocycles. The molecule has 0 unspecified atom stereocenters. The number of benzene rings is 3. The third-order valence-electron chi connectivity index (χ3n) is 6.21. The number of nitrogens with zero attached hydrogens (tertiary/aromatic N) is 3. The summed E-state index contributed by atoms with van der Waals surface area (Å²) in [6.45, 7) is 3.00. The van der Waals surface area contributed by atoms with E-state index >= 15 is 0 Å². The van der Waals surface area contributed by atoms with E-state index in [9.17, 15) is 5.26 Å². The normalized spacial score (nSPS) is 10.8. The molecule has 2 heterocycles. The summed E-state index contributed by atoms with van der Waals surface area (Å²) in [5.41, 5.74) is 7.94. The zero-order chi connectivity index (χ0) is 23.3. The lowest BCUT2D eigenvalue weighted by Crippen LogP contribution is -2.21. The molecule has 0 saturated carbocycles. The lowest BCUT2D eigenvalue weighted by atomic mass is 9.93. The Balaban J connectivity index is 1.78. The minimum atomic E-state index is 0.573. The van der Waals surface area contributed by atoms with Crippen molar-refractivity contribution in [3.05, 3.63) is 103 Å². The van der Waals surface area contributed by atoms with E-state index in [2.05, 4.69) is 94.6 Å². The van der Waals surface area contributed by atoms with E-state index in [1.165, 1.54) is 0 Å². The van der Waals surface area contributed by atoms with Gasteiger partial charge in [-0.3, -0.25) is 4.98 Å². The molecule has 0 aliphatic carbocycles. The number of nitriles is 1. The Morgan fingerprint density at radius 2 is 1.65 bits per heavy atom. The SMILES string of the molecule is CCCCN(c1c(C#N)cncc1-c1ccccc1-c1ccccc1)c1cccc2[nH]ccc12. The zero-order valence-corrected chi connectivity index (χ0v) is 19.2. The molecule has 0 spiro atoms. The number of H-pyrrole nitrogens is 1. The van der Waals surface area contributed by atoms with Crippen molar-refractivity contribution >= 4 is 22.3 Å². The van der Waals surface area contributed by atoms with Crippen molar-refractivity contribution in [3.8, 4) is 28.3 Å². The Kier molecular flexibility index (Phi) is 6.09. The molecular weight excluding hydrogens is 416 g/mol. The van der Waals surface area contributed by atoms with Gasteiger partial charge in [-0.05, 0) is 41.3 Å². The maximum absolute atomic E-state index is 10.1. The first-order valence-electron chi connectivity index (χ1n) is 11.7. The van der Waals surface area contributed by atoms with Crippen LogP contribution in [0.15, 0.2) is 97.5 Å². The Morgan fingerprint density at radius 1 is 0.853 bits per heavy atom. The van der Waals surface area contributed by atoms with Crippen LogP contribution >= 0.6 is 0 Å². The molecule has 5 aromatic rings. The molecule has 0 aliphatic rings. The van der Waals surface area contributed by atoms with Gasteiger partial charge in [0.2, 0.25) is 0 Å². The first-order chi connectivity index (χ1) is 16.8. The predicted octanol–water partition coefficient (Wildman–Crippen LogP) is 7.71. The number of aromatic nitrogens is 2. The van der Waals surface area contributed by atoms with Crippen molar-refractivity contribution in [2.24, 2.45) is 0 Å². The molecule has 4 nitrogen and oxygen atoms in total. The smallest absolute Gasteiger partial charge is 0.103 e. The number of hydrogen-bond donors (Lipinski definition) is 1. The van der Waals surface area contributed by atoms with Gasteiger partial charge in [-0.2, -0.15) is 5.26 Å². The molecule has 2 aromatic heterocycles. The number of rotatable bonds is 7.